The minimum atomic E-state index is -4.64. The van der Waals surface area contributed by atoms with E-state index in [0.717, 1.165) is 24.6 Å². The Kier molecular flexibility index (Phi) is 4.60. The van der Waals surface area contributed by atoms with Crippen molar-refractivity contribution in [2.75, 3.05) is 0 Å². The maximum Gasteiger partial charge on any atom is 0.407 e. The highest BCUT2D eigenvalue weighted by atomic mass is 32.1. The van der Waals surface area contributed by atoms with E-state index < -0.39 is 18.0 Å². The fourth-order valence-electron chi connectivity index (χ4n) is 3.86. The first-order chi connectivity index (χ1) is 14.8. The summed E-state index contributed by atoms with van der Waals surface area (Å²) in [4.78, 5) is 9.92. The average molecular weight is 443 g/mol. The molecule has 3 nitrogen and oxygen atoms in total. The van der Waals surface area contributed by atoms with Crippen molar-refractivity contribution in [3.63, 3.8) is 0 Å². The number of nitrogens with two attached hydrogens (primary N) is 1. The van der Waals surface area contributed by atoms with Gasteiger partial charge in [-0.3, -0.25) is 0 Å². The highest BCUT2D eigenvalue weighted by molar-refractivity contribution is 7.21. The second-order valence-electron chi connectivity index (χ2n) is 7.75. The van der Waals surface area contributed by atoms with Crippen molar-refractivity contribution in [2.45, 2.75) is 30.5 Å². The van der Waals surface area contributed by atoms with E-state index in [1.54, 1.807) is 0 Å². The summed E-state index contributed by atoms with van der Waals surface area (Å²) >= 11 is 1.22. The van der Waals surface area contributed by atoms with Gasteiger partial charge in [0.25, 0.3) is 0 Å². The van der Waals surface area contributed by atoms with E-state index in [1.807, 2.05) is 30.3 Å². The molecule has 0 bridgehead atoms. The summed E-state index contributed by atoms with van der Waals surface area (Å²) in [5, 5.41) is 0.369. The van der Waals surface area contributed by atoms with E-state index in [-0.39, 0.29) is 16.5 Å². The van der Waals surface area contributed by atoms with E-state index in [1.165, 1.54) is 29.0 Å². The topological polar surface area (TPSA) is 51.8 Å². The predicted molar refractivity (Wildman–Crippen MR) is 112 cm³/mol. The molecule has 0 spiro atoms. The van der Waals surface area contributed by atoms with Crippen molar-refractivity contribution in [2.24, 2.45) is 5.73 Å². The lowest BCUT2D eigenvalue weighted by Gasteiger charge is -2.16. The zero-order chi connectivity index (χ0) is 21.8. The molecule has 1 saturated carbocycles. The summed E-state index contributed by atoms with van der Waals surface area (Å²) in [6.45, 7) is 0. The third kappa shape index (κ3) is 3.49. The van der Waals surface area contributed by atoms with Crippen molar-refractivity contribution in [1.82, 2.24) is 9.97 Å². The summed E-state index contributed by atoms with van der Waals surface area (Å²) in [6.07, 6.45) is -2.62. The molecule has 2 aromatic heterocycles. The highest BCUT2D eigenvalue weighted by Crippen LogP contribution is 2.53. The largest absolute Gasteiger partial charge is 0.407 e. The standard InChI is InChI=1S/C23H17F4N3S/c24-16-12-13(19(28)23(25,26)27)6-7-15(16)20-29-17-8-9-18(30-21(17)31-20)22(10-11-22)14-4-2-1-3-5-14/h1-9,12,19H,10-11,28H2/t19-/m1/s1. The van der Waals surface area contributed by atoms with Crippen molar-refractivity contribution >= 4 is 21.7 Å². The summed E-state index contributed by atoms with van der Waals surface area (Å²) in [6, 6.07) is 15.1. The molecule has 0 unspecified atom stereocenters. The fraction of sp³-hybridized carbons (Fsp3) is 0.217. The predicted octanol–water partition coefficient (Wildman–Crippen LogP) is 6.14. The van der Waals surface area contributed by atoms with Gasteiger partial charge >= 0.3 is 6.18 Å². The van der Waals surface area contributed by atoms with Crippen LogP contribution in [0.2, 0.25) is 0 Å². The molecule has 0 aliphatic heterocycles. The van der Waals surface area contributed by atoms with Gasteiger partial charge < -0.3 is 5.73 Å². The number of hydrogen-bond acceptors (Lipinski definition) is 4. The van der Waals surface area contributed by atoms with Crippen molar-refractivity contribution < 1.29 is 17.6 Å². The van der Waals surface area contributed by atoms with Crippen LogP contribution in [0.25, 0.3) is 20.9 Å². The van der Waals surface area contributed by atoms with Crippen LogP contribution >= 0.6 is 11.3 Å². The molecule has 1 aliphatic rings. The lowest BCUT2D eigenvalue weighted by atomic mass is 9.92. The van der Waals surface area contributed by atoms with Crippen molar-refractivity contribution in [3.05, 3.63) is 83.3 Å². The minimum Gasteiger partial charge on any atom is -0.316 e. The number of halogens is 4. The van der Waals surface area contributed by atoms with Gasteiger partial charge in [0.15, 0.2) is 0 Å². The monoisotopic (exact) mass is 443 g/mol. The quantitative estimate of drug-likeness (QED) is 0.386. The van der Waals surface area contributed by atoms with Gasteiger partial charge in [-0.15, -0.1) is 0 Å². The Morgan fingerprint density at radius 2 is 1.71 bits per heavy atom. The Labute approximate surface area is 179 Å². The summed E-state index contributed by atoms with van der Waals surface area (Å²) in [5.74, 6) is -0.792. The molecule has 0 amide bonds. The van der Waals surface area contributed by atoms with Gasteiger partial charge in [0.1, 0.15) is 27.2 Å². The second kappa shape index (κ2) is 7.10. The Hall–Kier alpha value is -2.84. The molecule has 31 heavy (non-hydrogen) atoms. The van der Waals surface area contributed by atoms with Crippen LogP contribution in [0.5, 0.6) is 0 Å². The summed E-state index contributed by atoms with van der Waals surface area (Å²) < 4.78 is 53.1. The number of fused-ring (bicyclic) bond motifs is 1. The molecule has 158 valence electrons. The molecular formula is C23H17F4N3S. The minimum absolute atomic E-state index is 0.0970. The molecule has 8 heteroatoms. The number of thiazole rings is 1. The number of nitrogens with zero attached hydrogens (tertiary/aromatic N) is 2. The average Bonchev–Trinajstić information content (AvgIpc) is 3.46. The molecule has 2 heterocycles. The van der Waals surface area contributed by atoms with Crippen LogP contribution in [0.1, 0.15) is 35.7 Å². The first-order valence-corrected chi connectivity index (χ1v) is 10.6. The van der Waals surface area contributed by atoms with Crippen LogP contribution in [-0.4, -0.2) is 16.1 Å². The Bertz CT molecular complexity index is 1260. The first-order valence-electron chi connectivity index (χ1n) is 9.74. The van der Waals surface area contributed by atoms with Crippen LogP contribution in [0.15, 0.2) is 60.7 Å². The molecule has 1 aliphatic carbocycles. The molecule has 2 N–H and O–H groups in total. The smallest absolute Gasteiger partial charge is 0.316 e. The Morgan fingerprint density at radius 3 is 2.35 bits per heavy atom. The van der Waals surface area contributed by atoms with E-state index in [4.69, 9.17) is 10.7 Å². The van der Waals surface area contributed by atoms with Crippen LogP contribution in [0, 0.1) is 5.82 Å². The molecule has 0 radical (unpaired) electrons. The van der Waals surface area contributed by atoms with Crippen LogP contribution in [0.3, 0.4) is 0 Å². The van der Waals surface area contributed by atoms with Gasteiger partial charge in [-0.05, 0) is 48.2 Å². The number of pyridine rings is 1. The molecular weight excluding hydrogens is 426 g/mol. The zero-order valence-electron chi connectivity index (χ0n) is 16.2. The number of benzene rings is 2. The fourth-order valence-corrected chi connectivity index (χ4v) is 4.83. The van der Waals surface area contributed by atoms with Gasteiger partial charge in [0, 0.05) is 11.0 Å². The number of hydrogen-bond donors (Lipinski definition) is 1. The lowest BCUT2D eigenvalue weighted by molar-refractivity contribution is -0.149. The third-order valence-electron chi connectivity index (χ3n) is 5.76. The van der Waals surface area contributed by atoms with E-state index in [2.05, 4.69) is 17.1 Å². The van der Waals surface area contributed by atoms with Gasteiger partial charge in [-0.2, -0.15) is 13.2 Å². The van der Waals surface area contributed by atoms with Gasteiger partial charge in [-0.25, -0.2) is 14.4 Å². The lowest BCUT2D eigenvalue weighted by Crippen LogP contribution is -2.28. The highest BCUT2D eigenvalue weighted by Gasteiger charge is 2.47. The summed E-state index contributed by atoms with van der Waals surface area (Å²) in [7, 11) is 0. The molecule has 1 atom stereocenters. The maximum absolute atomic E-state index is 14.6. The number of alkyl halides is 3. The maximum atomic E-state index is 14.6. The van der Waals surface area contributed by atoms with Crippen molar-refractivity contribution in [1.29, 1.82) is 0 Å². The molecule has 1 fully saturated rings. The summed E-state index contributed by atoms with van der Waals surface area (Å²) in [5.41, 5.74) is 7.69. The van der Waals surface area contributed by atoms with Crippen LogP contribution < -0.4 is 5.73 Å². The number of rotatable bonds is 4. The van der Waals surface area contributed by atoms with Gasteiger partial charge in [-0.1, -0.05) is 47.7 Å². The molecule has 5 rings (SSSR count). The molecule has 4 aromatic rings. The third-order valence-corrected chi connectivity index (χ3v) is 6.76. The van der Waals surface area contributed by atoms with Gasteiger partial charge in [0.05, 0.1) is 5.69 Å². The van der Waals surface area contributed by atoms with Crippen LogP contribution in [-0.2, 0) is 5.41 Å². The van der Waals surface area contributed by atoms with E-state index in [0.29, 0.717) is 15.4 Å². The normalized spacial score (nSPS) is 16.4. The Balaban J connectivity index is 1.50. The number of aromatic nitrogens is 2. The van der Waals surface area contributed by atoms with Crippen LogP contribution in [0.4, 0.5) is 17.6 Å². The zero-order valence-corrected chi connectivity index (χ0v) is 17.0. The van der Waals surface area contributed by atoms with E-state index in [9.17, 15) is 17.6 Å². The molecule has 2 aromatic carbocycles. The van der Waals surface area contributed by atoms with E-state index >= 15 is 0 Å². The van der Waals surface area contributed by atoms with Gasteiger partial charge in [0.2, 0.25) is 0 Å². The first kappa shape index (κ1) is 20.1. The SMILES string of the molecule is N[C@H](c1ccc(-c2nc3ccc(C4(c5ccccc5)CC4)nc3s2)c(F)c1)C(F)(F)F. The molecule has 0 saturated heterocycles. The Morgan fingerprint density at radius 1 is 0.968 bits per heavy atom. The van der Waals surface area contributed by atoms with Crippen molar-refractivity contribution in [3.8, 4) is 10.6 Å². The second-order valence-corrected chi connectivity index (χ2v) is 8.72.